The molecule has 1 saturated carbocycles. The molecule has 0 amide bonds. The molecule has 1 aliphatic carbocycles. The largest absolute Gasteiger partial charge is 0.464 e. The average molecular weight is 351 g/mol. The van der Waals surface area contributed by atoms with Crippen molar-refractivity contribution in [3.8, 4) is 0 Å². The molecule has 0 bridgehead atoms. The van der Waals surface area contributed by atoms with Gasteiger partial charge in [0.2, 0.25) is 0 Å². The lowest BCUT2D eigenvalue weighted by atomic mass is 10.1. The minimum atomic E-state index is -0.294. The van der Waals surface area contributed by atoms with Crippen molar-refractivity contribution in [3.05, 3.63) is 69.5 Å². The summed E-state index contributed by atoms with van der Waals surface area (Å²) < 4.78 is 11.4. The molecule has 2 aromatic heterocycles. The molecule has 136 valence electrons. The van der Waals surface area contributed by atoms with E-state index < -0.39 is 0 Å². The fourth-order valence-electron chi connectivity index (χ4n) is 3.64. The first-order valence-corrected chi connectivity index (χ1v) is 9.36. The number of furan rings is 1. The van der Waals surface area contributed by atoms with Crippen LogP contribution in [0.3, 0.4) is 0 Å². The van der Waals surface area contributed by atoms with E-state index in [4.69, 9.17) is 8.83 Å². The van der Waals surface area contributed by atoms with Crippen LogP contribution in [0, 0.1) is 5.92 Å². The highest BCUT2D eigenvalue weighted by Crippen LogP contribution is 2.47. The Morgan fingerprint density at radius 2 is 1.92 bits per heavy atom. The van der Waals surface area contributed by atoms with Gasteiger partial charge in [-0.3, -0.25) is 4.90 Å². The van der Waals surface area contributed by atoms with Gasteiger partial charge in [0, 0.05) is 23.9 Å². The summed E-state index contributed by atoms with van der Waals surface area (Å²) in [5.41, 5.74) is 2.54. The fraction of sp³-hybridized carbons (Fsp3) is 0.409. The van der Waals surface area contributed by atoms with E-state index in [9.17, 15) is 4.79 Å². The maximum atomic E-state index is 12.0. The molecule has 26 heavy (non-hydrogen) atoms. The summed E-state index contributed by atoms with van der Waals surface area (Å²) in [4.78, 5) is 14.1. The third-order valence-electron chi connectivity index (χ3n) is 5.33. The Morgan fingerprint density at radius 3 is 2.65 bits per heavy atom. The molecular weight excluding hydrogens is 326 g/mol. The first-order valence-electron chi connectivity index (χ1n) is 9.36. The number of hydrogen-bond donors (Lipinski definition) is 0. The van der Waals surface area contributed by atoms with Gasteiger partial charge in [0.1, 0.15) is 17.1 Å². The van der Waals surface area contributed by atoms with Crippen molar-refractivity contribution in [3.63, 3.8) is 0 Å². The zero-order valence-corrected chi connectivity index (χ0v) is 15.6. The Labute approximate surface area is 153 Å². The molecule has 0 N–H and O–H groups in total. The molecule has 2 heterocycles. The van der Waals surface area contributed by atoms with Crippen LogP contribution in [-0.2, 0) is 19.5 Å². The average Bonchev–Trinajstić information content (AvgIpc) is 3.15. The van der Waals surface area contributed by atoms with Crippen molar-refractivity contribution in [1.82, 2.24) is 4.90 Å². The molecule has 0 saturated heterocycles. The Morgan fingerprint density at radius 1 is 1.12 bits per heavy atom. The predicted octanol–water partition coefficient (Wildman–Crippen LogP) is 4.70. The van der Waals surface area contributed by atoms with Crippen molar-refractivity contribution in [2.24, 2.45) is 5.92 Å². The van der Waals surface area contributed by atoms with E-state index in [1.165, 1.54) is 12.0 Å². The summed E-state index contributed by atoms with van der Waals surface area (Å²) in [6, 6.07) is 11.9. The van der Waals surface area contributed by atoms with Crippen molar-refractivity contribution >= 4 is 11.0 Å². The van der Waals surface area contributed by atoms with E-state index in [2.05, 4.69) is 43.0 Å². The second-order valence-electron chi connectivity index (χ2n) is 7.57. The van der Waals surface area contributed by atoms with Gasteiger partial charge in [-0.2, -0.15) is 0 Å². The first-order chi connectivity index (χ1) is 12.5. The SMILES string of the molecule is CCc1ccc2c(CN(C)Cc3ccc(C4CC4C)o3)cc(=O)oc2c1. The summed E-state index contributed by atoms with van der Waals surface area (Å²) >= 11 is 0. The molecule has 0 aliphatic heterocycles. The Hall–Kier alpha value is -2.33. The van der Waals surface area contributed by atoms with Gasteiger partial charge in [-0.05, 0) is 55.1 Å². The first kappa shape index (κ1) is 17.1. The topological polar surface area (TPSA) is 46.6 Å². The van der Waals surface area contributed by atoms with Gasteiger partial charge in [-0.25, -0.2) is 4.79 Å². The van der Waals surface area contributed by atoms with Crippen LogP contribution < -0.4 is 5.63 Å². The Bertz CT molecular complexity index is 984. The minimum absolute atomic E-state index is 0.294. The van der Waals surface area contributed by atoms with E-state index in [1.54, 1.807) is 6.07 Å². The molecule has 1 aromatic carbocycles. The summed E-state index contributed by atoms with van der Waals surface area (Å²) in [6.45, 7) is 5.74. The van der Waals surface area contributed by atoms with E-state index in [0.717, 1.165) is 41.4 Å². The summed E-state index contributed by atoms with van der Waals surface area (Å²) in [5.74, 6) is 3.43. The molecular formula is C22H25NO3. The van der Waals surface area contributed by atoms with Gasteiger partial charge >= 0.3 is 5.63 Å². The van der Waals surface area contributed by atoms with Crippen LogP contribution in [0.15, 0.2) is 50.0 Å². The molecule has 2 atom stereocenters. The molecule has 1 aliphatic rings. The smallest absolute Gasteiger partial charge is 0.336 e. The number of aryl methyl sites for hydroxylation is 1. The molecule has 4 rings (SSSR count). The van der Waals surface area contributed by atoms with E-state index in [-0.39, 0.29) is 5.63 Å². The highest BCUT2D eigenvalue weighted by Gasteiger charge is 2.36. The minimum Gasteiger partial charge on any atom is -0.464 e. The Balaban J connectivity index is 1.52. The summed E-state index contributed by atoms with van der Waals surface area (Å²) in [5, 5.41) is 1.00. The molecule has 3 aromatic rings. The van der Waals surface area contributed by atoms with E-state index in [0.29, 0.717) is 18.0 Å². The van der Waals surface area contributed by atoms with Crippen molar-refractivity contribution in [2.75, 3.05) is 7.05 Å². The number of rotatable bonds is 6. The van der Waals surface area contributed by atoms with Crippen molar-refractivity contribution in [1.29, 1.82) is 0 Å². The molecule has 2 unspecified atom stereocenters. The van der Waals surface area contributed by atoms with Gasteiger partial charge in [0.25, 0.3) is 0 Å². The third-order valence-corrected chi connectivity index (χ3v) is 5.33. The zero-order chi connectivity index (χ0) is 18.3. The molecule has 0 spiro atoms. The Kier molecular flexibility index (Phi) is 4.45. The van der Waals surface area contributed by atoms with Crippen LogP contribution in [0.2, 0.25) is 0 Å². The van der Waals surface area contributed by atoms with Crippen LogP contribution in [0.5, 0.6) is 0 Å². The van der Waals surface area contributed by atoms with Crippen molar-refractivity contribution in [2.45, 2.75) is 45.7 Å². The predicted molar refractivity (Wildman–Crippen MR) is 102 cm³/mol. The highest BCUT2D eigenvalue weighted by atomic mass is 16.4. The molecule has 1 fully saturated rings. The van der Waals surface area contributed by atoms with Gasteiger partial charge in [-0.15, -0.1) is 0 Å². The molecule has 4 heteroatoms. The summed E-state index contributed by atoms with van der Waals surface area (Å²) in [7, 11) is 2.04. The van der Waals surface area contributed by atoms with E-state index >= 15 is 0 Å². The second kappa shape index (κ2) is 6.76. The molecule has 4 nitrogen and oxygen atoms in total. The lowest BCUT2D eigenvalue weighted by Gasteiger charge is -2.16. The second-order valence-corrected chi connectivity index (χ2v) is 7.57. The quantitative estimate of drug-likeness (QED) is 0.604. The van der Waals surface area contributed by atoms with Crippen LogP contribution >= 0.6 is 0 Å². The number of fused-ring (bicyclic) bond motifs is 1. The third kappa shape index (κ3) is 3.47. The van der Waals surface area contributed by atoms with Crippen LogP contribution in [0.25, 0.3) is 11.0 Å². The normalized spacial score (nSPS) is 19.4. The van der Waals surface area contributed by atoms with Gasteiger partial charge in [0.05, 0.1) is 6.54 Å². The van der Waals surface area contributed by atoms with Crippen LogP contribution in [0.1, 0.15) is 48.8 Å². The maximum Gasteiger partial charge on any atom is 0.336 e. The number of hydrogen-bond acceptors (Lipinski definition) is 4. The zero-order valence-electron chi connectivity index (χ0n) is 15.6. The standard InChI is InChI=1S/C22H25NO3/c1-4-15-5-7-18-16(11-22(24)26-21(18)10-15)12-23(3)13-17-6-8-20(25-17)19-9-14(19)2/h5-8,10-11,14,19H,4,9,12-13H2,1-3H3. The monoisotopic (exact) mass is 351 g/mol. The fourth-order valence-corrected chi connectivity index (χ4v) is 3.64. The number of nitrogens with zero attached hydrogens (tertiary/aromatic N) is 1. The molecule has 0 radical (unpaired) electrons. The van der Waals surface area contributed by atoms with Crippen LogP contribution in [0.4, 0.5) is 0 Å². The van der Waals surface area contributed by atoms with Crippen LogP contribution in [-0.4, -0.2) is 11.9 Å². The van der Waals surface area contributed by atoms with Gasteiger partial charge < -0.3 is 8.83 Å². The van der Waals surface area contributed by atoms with Gasteiger partial charge in [0.15, 0.2) is 0 Å². The lowest BCUT2D eigenvalue weighted by molar-refractivity contribution is 0.283. The highest BCUT2D eigenvalue weighted by molar-refractivity contribution is 5.80. The number of benzene rings is 1. The van der Waals surface area contributed by atoms with Gasteiger partial charge in [-0.1, -0.05) is 26.0 Å². The lowest BCUT2D eigenvalue weighted by Crippen LogP contribution is -2.18. The maximum absolute atomic E-state index is 12.0. The van der Waals surface area contributed by atoms with E-state index in [1.807, 2.05) is 13.1 Å². The summed E-state index contributed by atoms with van der Waals surface area (Å²) in [6.07, 6.45) is 2.15. The van der Waals surface area contributed by atoms with Crippen molar-refractivity contribution < 1.29 is 8.83 Å².